The zero-order valence-corrected chi connectivity index (χ0v) is 21.0. The van der Waals surface area contributed by atoms with Crippen molar-refractivity contribution in [2.75, 3.05) is 11.9 Å². The molecule has 0 aliphatic heterocycles. The molecule has 0 spiro atoms. The van der Waals surface area contributed by atoms with Crippen LogP contribution in [0.15, 0.2) is 42.7 Å². The molecular formula is C26H34FN5O2. The zero-order valence-electron chi connectivity index (χ0n) is 21.0. The Kier molecular flexibility index (Phi) is 9.06. The summed E-state index contributed by atoms with van der Waals surface area (Å²) < 4.78 is 16.1. The van der Waals surface area contributed by atoms with Crippen molar-refractivity contribution in [1.82, 2.24) is 20.1 Å². The molecule has 0 saturated heterocycles. The predicted octanol–water partition coefficient (Wildman–Crippen LogP) is 5.37. The van der Waals surface area contributed by atoms with Crippen LogP contribution in [0.2, 0.25) is 0 Å². The Morgan fingerprint density at radius 2 is 1.74 bits per heavy atom. The molecule has 2 N–H and O–H groups in total. The van der Waals surface area contributed by atoms with Gasteiger partial charge in [0.2, 0.25) is 0 Å². The van der Waals surface area contributed by atoms with Gasteiger partial charge in [0, 0.05) is 37.0 Å². The van der Waals surface area contributed by atoms with Crippen molar-refractivity contribution in [2.24, 2.45) is 12.5 Å². The van der Waals surface area contributed by atoms with E-state index in [1.165, 1.54) is 23.4 Å². The van der Waals surface area contributed by atoms with Crippen molar-refractivity contribution in [2.45, 2.75) is 48.0 Å². The summed E-state index contributed by atoms with van der Waals surface area (Å²) in [5, 5.41) is 9.57. The fourth-order valence-corrected chi connectivity index (χ4v) is 2.90. The average molecular weight is 468 g/mol. The monoisotopic (exact) mass is 467 g/mol. The Balaban J connectivity index is 0.00000129. The molecule has 2 heterocycles. The van der Waals surface area contributed by atoms with E-state index in [0.29, 0.717) is 34.7 Å². The van der Waals surface area contributed by atoms with E-state index in [0.717, 1.165) is 0 Å². The molecule has 0 fully saturated rings. The van der Waals surface area contributed by atoms with Gasteiger partial charge in [0.1, 0.15) is 11.6 Å². The van der Waals surface area contributed by atoms with Crippen molar-refractivity contribution in [3.8, 4) is 11.3 Å². The molecule has 2 amide bonds. The smallest absolute Gasteiger partial charge is 0.256 e. The van der Waals surface area contributed by atoms with Crippen molar-refractivity contribution in [3.63, 3.8) is 0 Å². The number of hydrogen-bond donors (Lipinski definition) is 2. The topological polar surface area (TPSA) is 88.9 Å². The number of amides is 2. The highest BCUT2D eigenvalue weighted by molar-refractivity contribution is 6.04. The van der Waals surface area contributed by atoms with E-state index in [4.69, 9.17) is 0 Å². The lowest BCUT2D eigenvalue weighted by molar-refractivity contribution is 0.0938. The summed E-state index contributed by atoms with van der Waals surface area (Å²) in [6.45, 7) is 12.5. The maximum atomic E-state index is 14.6. The molecule has 0 saturated carbocycles. The summed E-state index contributed by atoms with van der Waals surface area (Å²) in [7, 11) is 1.69. The van der Waals surface area contributed by atoms with Crippen LogP contribution in [-0.4, -0.2) is 33.1 Å². The van der Waals surface area contributed by atoms with Gasteiger partial charge in [-0.1, -0.05) is 41.0 Å². The predicted molar refractivity (Wildman–Crippen MR) is 133 cm³/mol. The van der Waals surface area contributed by atoms with E-state index >= 15 is 0 Å². The first kappa shape index (κ1) is 26.7. The molecule has 0 unspecified atom stereocenters. The molecule has 8 heteroatoms. The third-order valence-corrected chi connectivity index (χ3v) is 4.75. The van der Waals surface area contributed by atoms with Crippen LogP contribution in [0.5, 0.6) is 0 Å². The summed E-state index contributed by atoms with van der Waals surface area (Å²) in [5.74, 6) is -0.694. The van der Waals surface area contributed by atoms with Gasteiger partial charge < -0.3 is 10.6 Å². The minimum atomic E-state index is -0.513. The average Bonchev–Trinajstić information content (AvgIpc) is 3.18. The lowest BCUT2D eigenvalue weighted by Crippen LogP contribution is -2.32. The lowest BCUT2D eigenvalue weighted by atomic mass is 9.97. The first-order valence-electron chi connectivity index (χ1n) is 11.3. The summed E-state index contributed by atoms with van der Waals surface area (Å²) >= 11 is 0. The van der Waals surface area contributed by atoms with Crippen molar-refractivity contribution < 1.29 is 14.0 Å². The molecule has 182 valence electrons. The number of rotatable bonds is 5. The van der Waals surface area contributed by atoms with Crippen LogP contribution in [0.25, 0.3) is 11.3 Å². The van der Waals surface area contributed by atoms with Crippen LogP contribution >= 0.6 is 0 Å². The van der Waals surface area contributed by atoms with E-state index in [-0.39, 0.29) is 16.9 Å². The van der Waals surface area contributed by atoms with Gasteiger partial charge in [-0.2, -0.15) is 5.10 Å². The number of benzene rings is 1. The number of pyridine rings is 1. The fraction of sp³-hybridized carbons (Fsp3) is 0.385. The quantitative estimate of drug-likeness (QED) is 0.528. The van der Waals surface area contributed by atoms with Crippen molar-refractivity contribution in [3.05, 3.63) is 65.2 Å². The number of nitrogens with one attached hydrogen (secondary N) is 2. The normalized spacial score (nSPS) is 10.8. The van der Waals surface area contributed by atoms with Gasteiger partial charge in [-0.3, -0.25) is 19.3 Å². The molecule has 2 aromatic heterocycles. The number of aromatic nitrogens is 3. The van der Waals surface area contributed by atoms with Crippen LogP contribution in [0.1, 0.15) is 67.3 Å². The van der Waals surface area contributed by atoms with Gasteiger partial charge in [-0.05, 0) is 42.2 Å². The van der Waals surface area contributed by atoms with Crippen LogP contribution in [0.3, 0.4) is 0 Å². The lowest BCUT2D eigenvalue weighted by Gasteiger charge is -2.18. The zero-order chi connectivity index (χ0) is 25.5. The fourth-order valence-electron chi connectivity index (χ4n) is 2.90. The van der Waals surface area contributed by atoms with Crippen LogP contribution in [-0.2, 0) is 7.05 Å². The molecule has 0 atom stereocenters. The number of nitrogens with zero attached hydrogens (tertiary/aromatic N) is 3. The molecular weight excluding hydrogens is 433 g/mol. The molecule has 0 radical (unpaired) electrons. The Bertz CT molecular complexity index is 1130. The highest BCUT2D eigenvalue weighted by Gasteiger charge is 2.17. The van der Waals surface area contributed by atoms with Gasteiger partial charge in [0.15, 0.2) is 0 Å². The van der Waals surface area contributed by atoms with E-state index in [1.54, 1.807) is 44.4 Å². The van der Waals surface area contributed by atoms with E-state index in [2.05, 4.69) is 34.6 Å². The summed E-state index contributed by atoms with van der Waals surface area (Å²) in [6.07, 6.45) is 4.26. The van der Waals surface area contributed by atoms with Gasteiger partial charge in [-0.15, -0.1) is 0 Å². The number of aryl methyl sites for hydroxylation is 1. The van der Waals surface area contributed by atoms with Crippen molar-refractivity contribution >= 4 is 17.6 Å². The third kappa shape index (κ3) is 7.23. The molecule has 7 nitrogen and oxygen atoms in total. The summed E-state index contributed by atoms with van der Waals surface area (Å²) in [6, 6.07) is 7.72. The van der Waals surface area contributed by atoms with Gasteiger partial charge in [0.05, 0.1) is 17.5 Å². The Morgan fingerprint density at radius 3 is 2.26 bits per heavy atom. The van der Waals surface area contributed by atoms with Crippen LogP contribution < -0.4 is 10.6 Å². The summed E-state index contributed by atoms with van der Waals surface area (Å²) in [5.41, 5.74) is 1.86. The molecule has 1 aromatic carbocycles. The molecule has 0 aliphatic carbocycles. The Morgan fingerprint density at radius 1 is 1.06 bits per heavy atom. The van der Waals surface area contributed by atoms with Crippen LogP contribution in [0, 0.1) is 18.2 Å². The highest BCUT2D eigenvalue weighted by atomic mass is 19.1. The summed E-state index contributed by atoms with van der Waals surface area (Å²) in [4.78, 5) is 29.3. The third-order valence-electron chi connectivity index (χ3n) is 4.75. The maximum Gasteiger partial charge on any atom is 0.256 e. The number of carbonyl (C=O) groups is 2. The largest absolute Gasteiger partial charge is 0.351 e. The number of hydrogen-bond acceptors (Lipinski definition) is 4. The SMILES string of the molecule is CCC.Cc1c(F)cc(C(=O)Nc2ccnn2C)cc1-c1ccc(C(=O)NCC(C)(C)C)cn1. The Labute approximate surface area is 200 Å². The minimum Gasteiger partial charge on any atom is -0.351 e. The number of halogens is 1. The number of anilines is 1. The molecule has 0 bridgehead atoms. The molecule has 3 aromatic rings. The molecule has 34 heavy (non-hydrogen) atoms. The van der Waals surface area contributed by atoms with Gasteiger partial charge >= 0.3 is 0 Å². The second-order valence-corrected chi connectivity index (χ2v) is 9.31. The van der Waals surface area contributed by atoms with E-state index in [9.17, 15) is 14.0 Å². The first-order valence-corrected chi connectivity index (χ1v) is 11.3. The minimum absolute atomic E-state index is 0.0336. The second-order valence-electron chi connectivity index (χ2n) is 9.31. The van der Waals surface area contributed by atoms with Gasteiger partial charge in [0.25, 0.3) is 11.8 Å². The molecule has 3 rings (SSSR count). The van der Waals surface area contributed by atoms with E-state index in [1.807, 2.05) is 20.8 Å². The standard InChI is InChI=1S/C23H26FN5O2.C3H8/c1-14-17(19-7-6-15(12-25-19)21(30)26-13-23(2,3)4)10-16(11-18(14)24)22(31)28-20-8-9-27-29(20)5;1-3-2/h6-12H,13H2,1-5H3,(H,26,30)(H,28,31);3H2,1-2H3. The number of carbonyl (C=O) groups excluding carboxylic acids is 2. The van der Waals surface area contributed by atoms with E-state index < -0.39 is 11.7 Å². The van der Waals surface area contributed by atoms with Gasteiger partial charge in [-0.25, -0.2) is 4.39 Å². The first-order chi connectivity index (χ1) is 16.0. The van der Waals surface area contributed by atoms with Crippen molar-refractivity contribution in [1.29, 1.82) is 0 Å². The highest BCUT2D eigenvalue weighted by Crippen LogP contribution is 2.26. The second kappa shape index (κ2) is 11.5. The molecule has 0 aliphatic rings. The Hall–Kier alpha value is -3.55. The van der Waals surface area contributed by atoms with Crippen LogP contribution in [0.4, 0.5) is 10.2 Å². The maximum absolute atomic E-state index is 14.6.